The number of hydrogen-bond donors (Lipinski definition) is 1. The van der Waals surface area contributed by atoms with Crippen LogP contribution in [0.1, 0.15) is 78.1 Å². The highest BCUT2D eigenvalue weighted by Gasteiger charge is 2.61. The zero-order chi connectivity index (χ0) is 26.8. The van der Waals surface area contributed by atoms with Gasteiger partial charge in [0.15, 0.2) is 0 Å². The van der Waals surface area contributed by atoms with Crippen molar-refractivity contribution in [3.05, 3.63) is 4.91 Å². The summed E-state index contributed by atoms with van der Waals surface area (Å²) in [5.74, 6) is 3.03. The Labute approximate surface area is 229 Å². The van der Waals surface area contributed by atoms with Crippen LogP contribution in [0.15, 0.2) is 5.29 Å². The number of esters is 1. The van der Waals surface area contributed by atoms with E-state index in [1.165, 1.54) is 6.42 Å². The van der Waals surface area contributed by atoms with E-state index in [-0.39, 0.29) is 29.4 Å². The summed E-state index contributed by atoms with van der Waals surface area (Å²) in [6.07, 6.45) is 11.0. The molecule has 0 saturated heterocycles. The molecule has 0 aliphatic heterocycles. The molecule has 0 bridgehead atoms. The van der Waals surface area contributed by atoms with Crippen LogP contribution in [0, 0.1) is 39.4 Å². The van der Waals surface area contributed by atoms with Crippen LogP contribution in [0.4, 0.5) is 4.79 Å². The van der Waals surface area contributed by atoms with Gasteiger partial charge in [-0.15, -0.1) is 16.5 Å². The summed E-state index contributed by atoms with van der Waals surface area (Å²) < 4.78 is 6.18. The Morgan fingerprint density at radius 1 is 1.16 bits per heavy atom. The van der Waals surface area contributed by atoms with E-state index in [9.17, 15) is 19.3 Å². The first-order valence-corrected chi connectivity index (χ1v) is 15.8. The molecule has 4 aliphatic rings. The molecule has 4 fully saturated rings. The number of rotatable bonds is 9. The maximum absolute atomic E-state index is 13.3. The molecule has 4 rings (SSSR count). The van der Waals surface area contributed by atoms with E-state index in [0.717, 1.165) is 51.4 Å². The van der Waals surface area contributed by atoms with Gasteiger partial charge < -0.3 is 10.1 Å². The molecule has 0 aromatic carbocycles. The Morgan fingerprint density at radius 2 is 1.92 bits per heavy atom. The number of alkyl halides is 1. The SMILES string of the molecule is CSCC[C@H](NC(=O)N(CCCl)N=O)C(=O)O[C@H]1CC[C@H]2[C@@H]3CCC4CC(=O)CC[C@]4(C)[C@H]3CC[C@]12C. The van der Waals surface area contributed by atoms with Gasteiger partial charge in [0.25, 0.3) is 0 Å². The second-order valence-corrected chi connectivity index (χ2v) is 13.5. The molecule has 2 amide bonds. The number of thioether (sulfide) groups is 1. The zero-order valence-electron chi connectivity index (χ0n) is 22.4. The highest BCUT2D eigenvalue weighted by atomic mass is 35.5. The van der Waals surface area contributed by atoms with Crippen LogP contribution in [0.25, 0.3) is 0 Å². The van der Waals surface area contributed by atoms with Crippen molar-refractivity contribution >= 4 is 41.1 Å². The normalized spacial score (nSPS) is 37.5. The van der Waals surface area contributed by atoms with Crippen molar-refractivity contribution in [1.29, 1.82) is 0 Å². The lowest BCUT2D eigenvalue weighted by molar-refractivity contribution is -0.166. The molecule has 0 radical (unpaired) electrons. The van der Waals surface area contributed by atoms with E-state index in [0.29, 0.717) is 46.6 Å². The van der Waals surface area contributed by atoms with Crippen molar-refractivity contribution in [2.75, 3.05) is 24.4 Å². The van der Waals surface area contributed by atoms with Gasteiger partial charge in [0.2, 0.25) is 0 Å². The topological polar surface area (TPSA) is 105 Å². The van der Waals surface area contributed by atoms with Crippen LogP contribution in [0.3, 0.4) is 0 Å². The van der Waals surface area contributed by atoms with Crippen molar-refractivity contribution in [1.82, 2.24) is 10.3 Å². The fraction of sp³-hybridized carbons (Fsp3) is 0.889. The van der Waals surface area contributed by atoms with Gasteiger partial charge in [-0.2, -0.15) is 16.8 Å². The van der Waals surface area contributed by atoms with E-state index < -0.39 is 18.0 Å². The largest absolute Gasteiger partial charge is 0.460 e. The van der Waals surface area contributed by atoms with Gasteiger partial charge in [-0.1, -0.05) is 13.8 Å². The molecule has 4 aliphatic carbocycles. The number of hydrogen-bond acceptors (Lipinski definition) is 7. The first kappa shape index (κ1) is 28.7. The van der Waals surface area contributed by atoms with E-state index in [4.69, 9.17) is 16.3 Å². The fourth-order valence-corrected chi connectivity index (χ4v) is 9.01. The van der Waals surface area contributed by atoms with Gasteiger partial charge in [0.05, 0.1) is 11.8 Å². The minimum atomic E-state index is -0.840. The molecular weight excluding hydrogens is 514 g/mol. The molecule has 8 nitrogen and oxygen atoms in total. The Balaban J connectivity index is 1.44. The third-order valence-corrected chi connectivity index (χ3v) is 11.3. The molecular formula is C27H42ClN3O5S. The summed E-state index contributed by atoms with van der Waals surface area (Å²) in [6.45, 7) is 4.71. The van der Waals surface area contributed by atoms with Crippen LogP contribution in [0.5, 0.6) is 0 Å². The predicted octanol–water partition coefficient (Wildman–Crippen LogP) is 5.56. The number of ether oxygens (including phenoxy) is 1. The lowest BCUT2D eigenvalue weighted by Crippen LogP contribution is -2.55. The van der Waals surface area contributed by atoms with Crippen LogP contribution < -0.4 is 5.32 Å². The quantitative estimate of drug-likeness (QED) is 0.173. The predicted molar refractivity (Wildman–Crippen MR) is 145 cm³/mol. The number of nitrogens with one attached hydrogen (secondary N) is 1. The Bertz CT molecular complexity index is 892. The highest BCUT2D eigenvalue weighted by molar-refractivity contribution is 7.98. The molecule has 0 spiro atoms. The van der Waals surface area contributed by atoms with Crippen LogP contribution >= 0.6 is 23.4 Å². The van der Waals surface area contributed by atoms with Gasteiger partial charge >= 0.3 is 12.0 Å². The maximum atomic E-state index is 13.3. The summed E-state index contributed by atoms with van der Waals surface area (Å²) in [6, 6.07) is -1.57. The van der Waals surface area contributed by atoms with Crippen molar-refractivity contribution in [2.45, 2.75) is 90.2 Å². The first-order valence-electron chi connectivity index (χ1n) is 13.9. The third kappa shape index (κ3) is 5.54. The summed E-state index contributed by atoms with van der Waals surface area (Å²) in [4.78, 5) is 49.1. The van der Waals surface area contributed by atoms with Crippen molar-refractivity contribution in [3.8, 4) is 0 Å². The third-order valence-electron chi connectivity index (χ3n) is 10.5. The van der Waals surface area contributed by atoms with Gasteiger partial charge in [0.1, 0.15) is 17.9 Å². The van der Waals surface area contributed by atoms with Crippen LogP contribution in [-0.2, 0) is 14.3 Å². The standard InChI is InChI=1S/C27H42ClN3O5S/c1-26-11-8-18(32)16-17(26)4-5-19-20-6-7-23(27(20,2)12-9-21(19)26)36-24(33)22(10-15-37-3)29-25(34)31(30-35)14-13-28/h17,19-23H,4-16H2,1-3H3,(H,29,34)/t17?,19-,20-,21-,22-,23-,26-,27-/m0/s1. The molecule has 208 valence electrons. The number of amides is 2. The molecule has 1 unspecified atom stereocenters. The number of carbonyl (C=O) groups is 3. The molecule has 37 heavy (non-hydrogen) atoms. The van der Waals surface area contributed by atoms with Gasteiger partial charge in [-0.3, -0.25) is 4.79 Å². The van der Waals surface area contributed by atoms with Gasteiger partial charge in [0, 0.05) is 24.1 Å². The summed E-state index contributed by atoms with van der Waals surface area (Å²) in [5, 5.41) is 6.08. The number of halogens is 1. The second kappa shape index (κ2) is 11.8. The Hall–Kier alpha value is -1.35. The Morgan fingerprint density at radius 3 is 2.62 bits per heavy atom. The van der Waals surface area contributed by atoms with Gasteiger partial charge in [-0.25, -0.2) is 9.59 Å². The van der Waals surface area contributed by atoms with Crippen molar-refractivity contribution in [3.63, 3.8) is 0 Å². The van der Waals surface area contributed by atoms with Crippen molar-refractivity contribution in [2.24, 2.45) is 39.8 Å². The number of ketones is 1. The maximum Gasteiger partial charge on any atom is 0.341 e. The number of urea groups is 1. The minimum absolute atomic E-state index is 0.0277. The van der Waals surface area contributed by atoms with Crippen LogP contribution in [0.2, 0.25) is 0 Å². The smallest absolute Gasteiger partial charge is 0.341 e. The van der Waals surface area contributed by atoms with E-state index >= 15 is 0 Å². The molecule has 0 heterocycles. The molecule has 10 heteroatoms. The van der Waals surface area contributed by atoms with Gasteiger partial charge in [-0.05, 0) is 92.5 Å². The molecule has 4 saturated carbocycles. The summed E-state index contributed by atoms with van der Waals surface area (Å²) in [7, 11) is 0. The number of nitrogens with zero attached hydrogens (tertiary/aromatic N) is 2. The average molecular weight is 556 g/mol. The second-order valence-electron chi connectivity index (χ2n) is 12.1. The number of fused-ring (bicyclic) bond motifs is 5. The zero-order valence-corrected chi connectivity index (χ0v) is 24.0. The molecule has 8 atom stereocenters. The number of carbonyl (C=O) groups excluding carboxylic acids is 3. The van der Waals surface area contributed by atoms with E-state index in [2.05, 4.69) is 24.5 Å². The summed E-state index contributed by atoms with van der Waals surface area (Å²) >= 11 is 7.25. The lowest BCUT2D eigenvalue weighted by Gasteiger charge is -2.60. The molecule has 0 aromatic heterocycles. The van der Waals surface area contributed by atoms with E-state index in [1.54, 1.807) is 11.8 Å². The highest BCUT2D eigenvalue weighted by Crippen LogP contribution is 2.66. The lowest BCUT2D eigenvalue weighted by atomic mass is 9.45. The van der Waals surface area contributed by atoms with Crippen LogP contribution in [-0.4, -0.2) is 59.4 Å². The monoisotopic (exact) mass is 555 g/mol. The Kier molecular flexibility index (Phi) is 9.14. The average Bonchev–Trinajstić information content (AvgIpc) is 3.21. The fourth-order valence-electron chi connectivity index (χ4n) is 8.38. The number of Topliss-reactive ketones (excluding diaryl/α,β-unsaturated/α-hetero) is 1. The minimum Gasteiger partial charge on any atom is -0.460 e. The molecule has 1 N–H and O–H groups in total. The summed E-state index contributed by atoms with van der Waals surface area (Å²) in [5.41, 5.74) is 0.176. The van der Waals surface area contributed by atoms with E-state index in [1.807, 2.05) is 6.26 Å². The molecule has 0 aromatic rings. The number of nitroso groups, excluding NO2 is 1. The first-order chi connectivity index (χ1) is 17.7. The van der Waals surface area contributed by atoms with Crippen molar-refractivity contribution < 1.29 is 19.1 Å².